The largest absolute Gasteiger partial charge is 0.487 e. The number of hydrogen-bond donors (Lipinski definition) is 2. The molecule has 39 heavy (non-hydrogen) atoms. The molecule has 0 aliphatic rings. The van der Waals surface area contributed by atoms with Gasteiger partial charge in [-0.3, -0.25) is 9.11 Å². The maximum atomic E-state index is 11.2. The predicted octanol–water partition coefficient (Wildman–Crippen LogP) is 2.93. The Labute approximate surface area is 232 Å². The van der Waals surface area contributed by atoms with Crippen LogP contribution in [0, 0.1) is 6.92 Å². The molecule has 1 aromatic rings. The van der Waals surface area contributed by atoms with E-state index in [1.54, 1.807) is 13.8 Å². The lowest BCUT2D eigenvalue weighted by atomic mass is 10.2. The Hall–Kier alpha value is -1.52. The normalized spacial score (nSPS) is 13.8. The summed E-state index contributed by atoms with van der Waals surface area (Å²) in [5, 5.41) is -1.63. The van der Waals surface area contributed by atoms with E-state index in [9.17, 15) is 16.8 Å². The molecule has 0 spiro atoms. The second kappa shape index (κ2) is 19.5. The van der Waals surface area contributed by atoms with E-state index in [2.05, 4.69) is 0 Å². The van der Waals surface area contributed by atoms with E-state index >= 15 is 0 Å². The highest BCUT2D eigenvalue weighted by Crippen LogP contribution is 2.28. The van der Waals surface area contributed by atoms with Crippen LogP contribution in [0.4, 0.5) is 0 Å². The minimum atomic E-state index is -4.05. The fourth-order valence-corrected chi connectivity index (χ4v) is 5.10. The molecule has 0 heterocycles. The van der Waals surface area contributed by atoms with Gasteiger partial charge >= 0.3 is 0 Å². The van der Waals surface area contributed by atoms with Crippen molar-refractivity contribution in [3.05, 3.63) is 23.8 Å². The summed E-state index contributed by atoms with van der Waals surface area (Å²) in [6.07, 6.45) is 1.11. The summed E-state index contributed by atoms with van der Waals surface area (Å²) in [6, 6.07) is 5.59. The van der Waals surface area contributed by atoms with Crippen LogP contribution in [0.25, 0.3) is 0 Å². The van der Waals surface area contributed by atoms with E-state index in [1.165, 1.54) is 0 Å². The molecule has 0 aliphatic heterocycles. The quantitative estimate of drug-likeness (QED) is 0.132. The first kappa shape index (κ1) is 35.5. The van der Waals surface area contributed by atoms with Gasteiger partial charge in [0.05, 0.1) is 50.1 Å². The van der Waals surface area contributed by atoms with Crippen LogP contribution in [-0.2, 0) is 39.2 Å². The Bertz CT molecular complexity index is 998. The molecule has 2 N–H and O–H groups in total. The van der Waals surface area contributed by atoms with Crippen LogP contribution in [0.2, 0.25) is 0 Å². The van der Waals surface area contributed by atoms with Crippen molar-refractivity contribution >= 4 is 20.2 Å². The van der Waals surface area contributed by atoms with Crippen molar-refractivity contribution in [1.29, 1.82) is 0 Å². The number of ether oxygens (including phenoxy) is 6. The Morgan fingerprint density at radius 1 is 0.615 bits per heavy atom. The first-order valence-electron chi connectivity index (χ1n) is 13.1. The van der Waals surface area contributed by atoms with E-state index in [-0.39, 0.29) is 26.1 Å². The van der Waals surface area contributed by atoms with Crippen molar-refractivity contribution in [3.8, 4) is 11.5 Å². The van der Waals surface area contributed by atoms with Crippen LogP contribution in [0.3, 0.4) is 0 Å². The average Bonchev–Trinajstić information content (AvgIpc) is 2.85. The predicted molar refractivity (Wildman–Crippen MR) is 146 cm³/mol. The van der Waals surface area contributed by atoms with Crippen LogP contribution in [0.1, 0.15) is 45.1 Å². The Kier molecular flexibility index (Phi) is 17.8. The second-order valence-electron chi connectivity index (χ2n) is 8.76. The molecular formula is C25H44O12S2. The van der Waals surface area contributed by atoms with Crippen LogP contribution in [0.15, 0.2) is 18.2 Å². The van der Waals surface area contributed by atoms with E-state index in [4.69, 9.17) is 37.5 Å². The highest BCUT2D eigenvalue weighted by atomic mass is 32.2. The van der Waals surface area contributed by atoms with Gasteiger partial charge in [0.25, 0.3) is 20.2 Å². The van der Waals surface area contributed by atoms with E-state index in [0.29, 0.717) is 77.2 Å². The molecule has 2 atom stereocenters. The van der Waals surface area contributed by atoms with Crippen molar-refractivity contribution in [2.24, 2.45) is 0 Å². The average molecular weight is 601 g/mol. The molecule has 12 nitrogen and oxygen atoms in total. The maximum absolute atomic E-state index is 11.2. The second-order valence-corrected chi connectivity index (χ2v) is 12.2. The number of rotatable bonds is 24. The van der Waals surface area contributed by atoms with Gasteiger partial charge in [0.2, 0.25) is 0 Å². The zero-order valence-corrected chi connectivity index (χ0v) is 24.7. The first-order valence-corrected chi connectivity index (χ1v) is 16.1. The molecule has 0 aliphatic carbocycles. The smallest absolute Gasteiger partial charge is 0.267 e. The van der Waals surface area contributed by atoms with Gasteiger partial charge in [0.1, 0.15) is 13.2 Å². The third kappa shape index (κ3) is 16.4. The van der Waals surface area contributed by atoms with Gasteiger partial charge in [0.15, 0.2) is 11.5 Å². The molecule has 228 valence electrons. The molecule has 0 aromatic heterocycles. The summed E-state index contributed by atoms with van der Waals surface area (Å²) in [4.78, 5) is 0. The fourth-order valence-electron chi connectivity index (χ4n) is 3.47. The fraction of sp³-hybridized carbons (Fsp3) is 0.760. The van der Waals surface area contributed by atoms with E-state index < -0.39 is 30.7 Å². The molecule has 0 bridgehead atoms. The maximum Gasteiger partial charge on any atom is 0.267 e. The van der Waals surface area contributed by atoms with Gasteiger partial charge in [-0.1, -0.05) is 19.9 Å². The lowest BCUT2D eigenvalue weighted by Gasteiger charge is -2.14. The van der Waals surface area contributed by atoms with Crippen LogP contribution in [0.5, 0.6) is 11.5 Å². The van der Waals surface area contributed by atoms with Crippen LogP contribution < -0.4 is 9.47 Å². The van der Waals surface area contributed by atoms with Gasteiger partial charge in [0, 0.05) is 13.2 Å². The Balaban J connectivity index is 2.17. The van der Waals surface area contributed by atoms with Crippen LogP contribution >= 0.6 is 0 Å². The van der Waals surface area contributed by atoms with Gasteiger partial charge < -0.3 is 28.4 Å². The Morgan fingerprint density at radius 2 is 1.00 bits per heavy atom. The number of aryl methyl sites for hydroxylation is 1. The minimum Gasteiger partial charge on any atom is -0.487 e. The lowest BCUT2D eigenvalue weighted by Crippen LogP contribution is -2.22. The summed E-state index contributed by atoms with van der Waals surface area (Å²) in [5.41, 5.74) is 1.01. The van der Waals surface area contributed by atoms with Crippen LogP contribution in [-0.4, -0.2) is 103 Å². The van der Waals surface area contributed by atoms with Crippen molar-refractivity contribution in [1.82, 2.24) is 0 Å². The van der Waals surface area contributed by atoms with E-state index in [0.717, 1.165) is 5.56 Å². The monoisotopic (exact) mass is 600 g/mol. The molecule has 1 rings (SSSR count). The van der Waals surface area contributed by atoms with Gasteiger partial charge in [-0.25, -0.2) is 0 Å². The van der Waals surface area contributed by atoms with Crippen molar-refractivity contribution in [2.75, 3.05) is 66.1 Å². The first-order chi connectivity index (χ1) is 18.5. The summed E-state index contributed by atoms with van der Waals surface area (Å²) in [5.74, 6) is 1.15. The van der Waals surface area contributed by atoms with Crippen molar-refractivity contribution in [2.45, 2.75) is 57.0 Å². The third-order valence-corrected chi connectivity index (χ3v) is 8.56. The topological polar surface area (TPSA) is 164 Å². The highest BCUT2D eigenvalue weighted by molar-refractivity contribution is 7.86. The molecule has 0 saturated carbocycles. The SMILES string of the molecule is CCC(CCOCCOCCOc1ccc(C)cc1OCCOCCOCCC(CC)S(=O)(=O)O)S(=O)(=O)O. The van der Waals surface area contributed by atoms with Crippen molar-refractivity contribution < 1.29 is 54.4 Å². The number of benzene rings is 1. The summed E-state index contributed by atoms with van der Waals surface area (Å²) < 4.78 is 96.1. The third-order valence-electron chi connectivity index (χ3n) is 5.74. The molecule has 2 unspecified atom stereocenters. The zero-order valence-electron chi connectivity index (χ0n) is 23.1. The van der Waals surface area contributed by atoms with E-state index in [1.807, 2.05) is 25.1 Å². The molecule has 0 radical (unpaired) electrons. The van der Waals surface area contributed by atoms with Gasteiger partial charge in [-0.15, -0.1) is 0 Å². The standard InChI is InChI=1S/C25H44O12S2/c1-4-22(38(26,27)28)8-10-32-12-14-34-16-18-36-24-7-6-21(3)20-25(24)37-19-17-35-15-13-33-11-9-23(5-2)39(29,30)31/h6-7,20,22-23H,4-5,8-19H2,1-3H3,(H,26,27,28)(H,29,30,31). The Morgan fingerprint density at radius 3 is 1.41 bits per heavy atom. The zero-order chi connectivity index (χ0) is 29.2. The minimum absolute atomic E-state index is 0.218. The molecule has 0 amide bonds. The molecular weight excluding hydrogens is 556 g/mol. The summed E-state index contributed by atoms with van der Waals surface area (Å²) >= 11 is 0. The van der Waals surface area contributed by atoms with Crippen molar-refractivity contribution in [3.63, 3.8) is 0 Å². The molecule has 0 saturated heterocycles. The molecule has 0 fully saturated rings. The highest BCUT2D eigenvalue weighted by Gasteiger charge is 2.21. The molecule has 1 aromatic carbocycles. The molecule has 14 heteroatoms. The van der Waals surface area contributed by atoms with Gasteiger partial charge in [-0.05, 0) is 50.3 Å². The summed E-state index contributed by atoms with van der Waals surface area (Å²) in [7, 11) is -8.09. The number of hydrogen-bond acceptors (Lipinski definition) is 10. The van der Waals surface area contributed by atoms with Gasteiger partial charge in [-0.2, -0.15) is 16.8 Å². The summed E-state index contributed by atoms with van der Waals surface area (Å²) in [6.45, 7) is 8.26. The lowest BCUT2D eigenvalue weighted by molar-refractivity contribution is 0.0322.